The van der Waals surface area contributed by atoms with Crippen molar-refractivity contribution >= 4 is 11.0 Å². The van der Waals surface area contributed by atoms with E-state index in [2.05, 4.69) is 0 Å². The van der Waals surface area contributed by atoms with E-state index in [1.807, 2.05) is 0 Å². The molecular weight excluding hydrogens is 300 g/mol. The summed E-state index contributed by atoms with van der Waals surface area (Å²) in [6.07, 6.45) is 0. The average molecular weight is 314 g/mol. The second-order valence-corrected chi connectivity index (χ2v) is 5.13. The summed E-state index contributed by atoms with van der Waals surface area (Å²) < 4.78 is 10.8. The Labute approximate surface area is 130 Å². The molecule has 0 unspecified atom stereocenters. The summed E-state index contributed by atoms with van der Waals surface area (Å²) in [5, 5.41) is 29.2. The smallest absolute Gasteiger partial charge is 0.239 e. The predicted molar refractivity (Wildman–Crippen MR) is 84.2 cm³/mol. The number of phenols is 3. The molecule has 0 amide bonds. The van der Waals surface area contributed by atoms with Gasteiger partial charge in [0.05, 0.1) is 7.11 Å². The quantitative estimate of drug-likeness (QED) is 0.672. The molecule has 0 fully saturated rings. The van der Waals surface area contributed by atoms with Crippen LogP contribution in [0.25, 0.3) is 22.3 Å². The van der Waals surface area contributed by atoms with Gasteiger partial charge in [-0.05, 0) is 18.6 Å². The summed E-state index contributed by atoms with van der Waals surface area (Å²) in [5.41, 5.74) is 0.558. The topological polar surface area (TPSA) is 100 Å². The fraction of sp³-hybridized carbons (Fsp3) is 0.118. The summed E-state index contributed by atoms with van der Waals surface area (Å²) >= 11 is 0. The third-order valence-electron chi connectivity index (χ3n) is 3.59. The Morgan fingerprint density at radius 1 is 1.04 bits per heavy atom. The number of aromatic hydroxyl groups is 3. The summed E-state index contributed by atoms with van der Waals surface area (Å²) in [4.78, 5) is 12.5. The van der Waals surface area contributed by atoms with Crippen molar-refractivity contribution in [3.05, 3.63) is 46.1 Å². The molecule has 3 N–H and O–H groups in total. The molecule has 0 atom stereocenters. The Morgan fingerprint density at radius 2 is 1.78 bits per heavy atom. The molecule has 0 aliphatic rings. The largest absolute Gasteiger partial charge is 0.508 e. The van der Waals surface area contributed by atoms with Crippen molar-refractivity contribution in [3.8, 4) is 34.3 Å². The van der Waals surface area contributed by atoms with Gasteiger partial charge >= 0.3 is 0 Å². The molecule has 118 valence electrons. The predicted octanol–water partition coefficient (Wildman–Crippen LogP) is 2.89. The molecule has 0 saturated carbocycles. The van der Waals surface area contributed by atoms with Gasteiger partial charge in [-0.25, -0.2) is 0 Å². The van der Waals surface area contributed by atoms with Crippen LogP contribution in [0.4, 0.5) is 0 Å². The summed E-state index contributed by atoms with van der Waals surface area (Å²) in [6.45, 7) is 1.74. The van der Waals surface area contributed by atoms with Gasteiger partial charge in [0.1, 0.15) is 28.2 Å². The number of ether oxygens (including phenoxy) is 1. The van der Waals surface area contributed by atoms with E-state index >= 15 is 0 Å². The molecule has 0 spiro atoms. The molecule has 0 aliphatic carbocycles. The third kappa shape index (κ3) is 2.34. The van der Waals surface area contributed by atoms with Crippen molar-refractivity contribution in [2.75, 3.05) is 7.11 Å². The van der Waals surface area contributed by atoms with Gasteiger partial charge in [0, 0.05) is 17.7 Å². The first-order valence-electron chi connectivity index (χ1n) is 6.79. The van der Waals surface area contributed by atoms with Crippen LogP contribution in [0.1, 0.15) is 5.56 Å². The van der Waals surface area contributed by atoms with E-state index in [4.69, 9.17) is 9.15 Å². The highest BCUT2D eigenvalue weighted by atomic mass is 16.5. The van der Waals surface area contributed by atoms with E-state index < -0.39 is 11.2 Å². The van der Waals surface area contributed by atoms with Gasteiger partial charge in [0.2, 0.25) is 11.2 Å². The zero-order chi connectivity index (χ0) is 16.7. The van der Waals surface area contributed by atoms with Crippen LogP contribution in [0.5, 0.6) is 23.0 Å². The summed E-state index contributed by atoms with van der Waals surface area (Å²) in [7, 11) is 1.31. The molecular formula is C17H14O6. The lowest BCUT2D eigenvalue weighted by Gasteiger charge is -2.11. The van der Waals surface area contributed by atoms with Crippen molar-refractivity contribution in [1.82, 2.24) is 0 Å². The summed E-state index contributed by atoms with van der Waals surface area (Å²) in [6, 6.07) is 7.08. The van der Waals surface area contributed by atoms with Gasteiger partial charge in [0.25, 0.3) is 0 Å². The lowest BCUT2D eigenvalue weighted by Crippen LogP contribution is -2.07. The van der Waals surface area contributed by atoms with Crippen LogP contribution >= 0.6 is 0 Å². The Kier molecular flexibility index (Phi) is 3.37. The monoisotopic (exact) mass is 314 g/mol. The molecule has 3 rings (SSSR count). The van der Waals surface area contributed by atoms with Crippen LogP contribution in [-0.2, 0) is 0 Å². The fourth-order valence-corrected chi connectivity index (χ4v) is 2.39. The number of hydrogen-bond acceptors (Lipinski definition) is 6. The molecule has 0 saturated heterocycles. The van der Waals surface area contributed by atoms with Crippen LogP contribution in [0.3, 0.4) is 0 Å². The Hall–Kier alpha value is -3.15. The third-order valence-corrected chi connectivity index (χ3v) is 3.59. The Balaban J connectivity index is 2.40. The minimum atomic E-state index is -0.568. The van der Waals surface area contributed by atoms with Gasteiger partial charge in [0.15, 0.2) is 5.76 Å². The first kappa shape index (κ1) is 14.8. The Morgan fingerprint density at radius 3 is 2.43 bits per heavy atom. The second-order valence-electron chi connectivity index (χ2n) is 5.13. The first-order chi connectivity index (χ1) is 10.9. The molecule has 1 aromatic heterocycles. The molecule has 2 aromatic carbocycles. The molecule has 6 nitrogen and oxygen atoms in total. The van der Waals surface area contributed by atoms with Gasteiger partial charge in [-0.3, -0.25) is 4.79 Å². The summed E-state index contributed by atoms with van der Waals surface area (Å²) in [5.74, 6) is -0.579. The maximum atomic E-state index is 12.5. The lowest BCUT2D eigenvalue weighted by molar-refractivity contribution is 0.397. The van der Waals surface area contributed by atoms with Crippen LogP contribution in [-0.4, -0.2) is 22.4 Å². The molecule has 1 heterocycles. The number of hydrogen-bond donors (Lipinski definition) is 3. The normalized spacial score (nSPS) is 10.9. The number of benzene rings is 2. The van der Waals surface area contributed by atoms with E-state index in [0.717, 1.165) is 6.07 Å². The van der Waals surface area contributed by atoms with Crippen LogP contribution in [0.15, 0.2) is 39.5 Å². The Bertz CT molecular complexity index is 971. The standard InChI is InChI=1S/C17H14O6/c1-8-3-4-9(5-11(8)19)16-17(22-2)15(21)14-12(20)6-10(18)7-13(14)23-16/h3-7,18-20H,1-2H3. The van der Waals surface area contributed by atoms with Crippen LogP contribution in [0, 0.1) is 6.92 Å². The number of rotatable bonds is 2. The van der Waals surface area contributed by atoms with E-state index in [1.165, 1.54) is 19.2 Å². The molecule has 6 heteroatoms. The highest BCUT2D eigenvalue weighted by molar-refractivity contribution is 5.88. The molecule has 0 aliphatic heterocycles. The lowest BCUT2D eigenvalue weighted by atomic mass is 10.1. The van der Waals surface area contributed by atoms with Crippen molar-refractivity contribution in [2.24, 2.45) is 0 Å². The van der Waals surface area contributed by atoms with Crippen molar-refractivity contribution in [3.63, 3.8) is 0 Å². The number of methoxy groups -OCH3 is 1. The highest BCUT2D eigenvalue weighted by Crippen LogP contribution is 2.36. The average Bonchev–Trinajstić information content (AvgIpc) is 2.49. The van der Waals surface area contributed by atoms with E-state index in [0.29, 0.717) is 11.1 Å². The van der Waals surface area contributed by atoms with E-state index in [9.17, 15) is 20.1 Å². The van der Waals surface area contributed by atoms with Gasteiger partial charge < -0.3 is 24.5 Å². The number of phenolic OH excluding ortho intramolecular Hbond substituents is 3. The molecule has 23 heavy (non-hydrogen) atoms. The van der Waals surface area contributed by atoms with E-state index in [-0.39, 0.29) is 34.0 Å². The van der Waals surface area contributed by atoms with Gasteiger partial charge in [-0.15, -0.1) is 0 Å². The van der Waals surface area contributed by atoms with Gasteiger partial charge in [-0.2, -0.15) is 0 Å². The van der Waals surface area contributed by atoms with Crippen LogP contribution < -0.4 is 10.2 Å². The molecule has 0 bridgehead atoms. The first-order valence-corrected chi connectivity index (χ1v) is 6.79. The van der Waals surface area contributed by atoms with Crippen molar-refractivity contribution in [1.29, 1.82) is 0 Å². The highest BCUT2D eigenvalue weighted by Gasteiger charge is 2.20. The second kappa shape index (κ2) is 5.24. The van der Waals surface area contributed by atoms with Crippen molar-refractivity contribution < 1.29 is 24.5 Å². The minimum absolute atomic E-state index is 0.0170. The number of fused-ring (bicyclic) bond motifs is 1. The fourth-order valence-electron chi connectivity index (χ4n) is 2.39. The van der Waals surface area contributed by atoms with Gasteiger partial charge in [-0.1, -0.05) is 12.1 Å². The van der Waals surface area contributed by atoms with E-state index in [1.54, 1.807) is 19.1 Å². The molecule has 0 radical (unpaired) electrons. The maximum Gasteiger partial charge on any atom is 0.239 e. The SMILES string of the molecule is COc1c(-c2ccc(C)c(O)c2)oc2cc(O)cc(O)c2c1=O. The minimum Gasteiger partial charge on any atom is -0.508 e. The van der Waals surface area contributed by atoms with Crippen LogP contribution in [0.2, 0.25) is 0 Å². The van der Waals surface area contributed by atoms with Crippen molar-refractivity contribution in [2.45, 2.75) is 6.92 Å². The molecule has 3 aromatic rings. The maximum absolute atomic E-state index is 12.5. The zero-order valence-electron chi connectivity index (χ0n) is 12.5. The number of aryl methyl sites for hydroxylation is 1. The zero-order valence-corrected chi connectivity index (χ0v) is 12.5.